The zero-order chi connectivity index (χ0) is 22.4. The van der Waals surface area contributed by atoms with Crippen molar-refractivity contribution in [3.05, 3.63) is 24.2 Å². The smallest absolute Gasteiger partial charge is 0.410 e. The molecule has 1 aromatic heterocycles. The molecular weight excluding hydrogens is 398 g/mol. The van der Waals surface area contributed by atoms with E-state index in [4.69, 9.17) is 9.15 Å². The first-order valence-electron chi connectivity index (χ1n) is 11.1. The summed E-state index contributed by atoms with van der Waals surface area (Å²) in [6, 6.07) is 3.49. The highest BCUT2D eigenvalue weighted by Gasteiger charge is 2.31. The molecule has 172 valence electrons. The van der Waals surface area contributed by atoms with E-state index in [0.717, 1.165) is 25.2 Å². The number of carbonyl (C=O) groups is 2. The van der Waals surface area contributed by atoms with Gasteiger partial charge in [-0.05, 0) is 52.2 Å². The van der Waals surface area contributed by atoms with Crippen molar-refractivity contribution in [2.75, 3.05) is 46.3 Å². The SMILES string of the molecule is CN=C(NCC1CCCCN1C(=O)OC(C)(C)C)N1CCN(C(=O)c2ccco2)CC1. The Kier molecular flexibility index (Phi) is 7.46. The number of hydrogen-bond acceptors (Lipinski definition) is 5. The molecule has 1 atom stereocenters. The van der Waals surface area contributed by atoms with E-state index in [1.807, 2.05) is 25.7 Å². The Morgan fingerprint density at radius 2 is 1.87 bits per heavy atom. The van der Waals surface area contributed by atoms with Crippen molar-refractivity contribution < 1.29 is 18.7 Å². The van der Waals surface area contributed by atoms with Gasteiger partial charge in [-0.15, -0.1) is 0 Å². The summed E-state index contributed by atoms with van der Waals surface area (Å²) in [5.41, 5.74) is -0.505. The summed E-state index contributed by atoms with van der Waals surface area (Å²) in [6.45, 7) is 9.59. The van der Waals surface area contributed by atoms with E-state index >= 15 is 0 Å². The molecule has 2 saturated heterocycles. The monoisotopic (exact) mass is 433 g/mol. The van der Waals surface area contributed by atoms with Gasteiger partial charge in [0.15, 0.2) is 11.7 Å². The standard InChI is InChI=1S/C22H35N5O4/c1-22(2,3)31-21(29)27-10-6-5-8-17(27)16-24-20(23-4)26-13-11-25(12-14-26)19(28)18-9-7-15-30-18/h7,9,15,17H,5-6,8,10-14,16H2,1-4H3,(H,23,24). The zero-order valence-corrected chi connectivity index (χ0v) is 19.1. The fourth-order valence-corrected chi connectivity index (χ4v) is 3.99. The predicted octanol–water partition coefficient (Wildman–Crippen LogP) is 2.40. The number of aliphatic imine (C=N–C) groups is 1. The van der Waals surface area contributed by atoms with Crippen LogP contribution < -0.4 is 5.32 Å². The number of nitrogens with zero attached hydrogens (tertiary/aromatic N) is 4. The summed E-state index contributed by atoms with van der Waals surface area (Å²) >= 11 is 0. The maximum Gasteiger partial charge on any atom is 0.410 e. The number of likely N-dealkylation sites (tertiary alicyclic amines) is 1. The lowest BCUT2D eigenvalue weighted by atomic mass is 10.0. The molecule has 2 amide bonds. The second kappa shape index (κ2) is 10.1. The third-order valence-electron chi connectivity index (χ3n) is 5.56. The van der Waals surface area contributed by atoms with E-state index < -0.39 is 5.60 Å². The second-order valence-corrected chi connectivity index (χ2v) is 9.01. The Morgan fingerprint density at radius 3 is 2.48 bits per heavy atom. The molecule has 1 unspecified atom stereocenters. The third-order valence-corrected chi connectivity index (χ3v) is 5.56. The van der Waals surface area contributed by atoms with Crippen molar-refractivity contribution in [3.63, 3.8) is 0 Å². The minimum absolute atomic E-state index is 0.0715. The van der Waals surface area contributed by atoms with Crippen LogP contribution in [0.25, 0.3) is 0 Å². The van der Waals surface area contributed by atoms with Crippen LogP contribution in [0.5, 0.6) is 0 Å². The maximum atomic E-state index is 12.6. The number of hydrogen-bond donors (Lipinski definition) is 1. The molecule has 0 spiro atoms. The number of ether oxygens (including phenoxy) is 1. The molecule has 0 bridgehead atoms. The Bertz CT molecular complexity index is 763. The van der Waals surface area contributed by atoms with Gasteiger partial charge in [-0.2, -0.15) is 0 Å². The van der Waals surface area contributed by atoms with Gasteiger partial charge >= 0.3 is 6.09 Å². The van der Waals surface area contributed by atoms with Gasteiger partial charge in [-0.25, -0.2) is 4.79 Å². The van der Waals surface area contributed by atoms with Gasteiger partial charge in [0.2, 0.25) is 0 Å². The first kappa shape index (κ1) is 23.0. The molecule has 9 heteroatoms. The molecule has 0 aromatic carbocycles. The van der Waals surface area contributed by atoms with Crippen molar-refractivity contribution in [2.45, 2.75) is 51.7 Å². The fourth-order valence-electron chi connectivity index (χ4n) is 3.99. The van der Waals surface area contributed by atoms with E-state index in [1.165, 1.54) is 6.26 Å². The number of piperidine rings is 1. The average molecular weight is 434 g/mol. The number of amides is 2. The highest BCUT2D eigenvalue weighted by atomic mass is 16.6. The second-order valence-electron chi connectivity index (χ2n) is 9.01. The summed E-state index contributed by atoms with van der Waals surface area (Å²) < 4.78 is 10.8. The normalized spacial score (nSPS) is 20.6. The van der Waals surface area contributed by atoms with Crippen LogP contribution in [0.2, 0.25) is 0 Å². The summed E-state index contributed by atoms with van der Waals surface area (Å²) in [5.74, 6) is 1.08. The lowest BCUT2D eigenvalue weighted by Gasteiger charge is -2.39. The molecule has 3 heterocycles. The molecule has 1 N–H and O–H groups in total. The molecule has 0 aliphatic carbocycles. The fraction of sp³-hybridized carbons (Fsp3) is 0.682. The van der Waals surface area contributed by atoms with E-state index in [2.05, 4.69) is 15.2 Å². The highest BCUT2D eigenvalue weighted by Crippen LogP contribution is 2.20. The topological polar surface area (TPSA) is 90.6 Å². The molecule has 9 nitrogen and oxygen atoms in total. The van der Waals surface area contributed by atoms with E-state index in [0.29, 0.717) is 45.0 Å². The van der Waals surface area contributed by atoms with Crippen molar-refractivity contribution >= 4 is 18.0 Å². The van der Waals surface area contributed by atoms with Gasteiger partial charge in [0.05, 0.1) is 12.3 Å². The number of piperazine rings is 1. The minimum atomic E-state index is -0.505. The summed E-state index contributed by atoms with van der Waals surface area (Å²) in [6.07, 6.45) is 4.29. The van der Waals surface area contributed by atoms with Gasteiger partial charge < -0.3 is 29.2 Å². The first-order chi connectivity index (χ1) is 14.8. The Labute approximate surface area is 184 Å². The number of guanidine groups is 1. The minimum Gasteiger partial charge on any atom is -0.459 e. The molecular formula is C22H35N5O4. The molecule has 0 radical (unpaired) electrons. The molecule has 3 rings (SSSR count). The number of nitrogens with one attached hydrogen (secondary N) is 1. The number of rotatable bonds is 3. The van der Waals surface area contributed by atoms with Gasteiger partial charge in [-0.3, -0.25) is 9.79 Å². The van der Waals surface area contributed by atoms with Crippen LogP contribution in [0.15, 0.2) is 27.8 Å². The largest absolute Gasteiger partial charge is 0.459 e. The molecule has 2 aliphatic rings. The number of furan rings is 1. The predicted molar refractivity (Wildman–Crippen MR) is 118 cm³/mol. The van der Waals surface area contributed by atoms with Crippen LogP contribution in [-0.4, -0.2) is 90.6 Å². The van der Waals surface area contributed by atoms with Crippen molar-refractivity contribution in [1.82, 2.24) is 20.0 Å². The van der Waals surface area contributed by atoms with Crippen LogP contribution in [0.3, 0.4) is 0 Å². The molecule has 1 aromatic rings. The van der Waals surface area contributed by atoms with Crippen LogP contribution in [0.1, 0.15) is 50.6 Å². The molecule has 31 heavy (non-hydrogen) atoms. The van der Waals surface area contributed by atoms with Crippen molar-refractivity contribution in [2.24, 2.45) is 4.99 Å². The summed E-state index contributed by atoms with van der Waals surface area (Å²) in [7, 11) is 1.76. The van der Waals surface area contributed by atoms with Crippen LogP contribution in [0, 0.1) is 0 Å². The zero-order valence-electron chi connectivity index (χ0n) is 19.1. The number of carbonyl (C=O) groups excluding carboxylic acids is 2. The van der Waals surface area contributed by atoms with Crippen molar-refractivity contribution in [1.29, 1.82) is 0 Å². The van der Waals surface area contributed by atoms with E-state index in [1.54, 1.807) is 24.1 Å². The highest BCUT2D eigenvalue weighted by molar-refractivity contribution is 5.91. The van der Waals surface area contributed by atoms with Gasteiger partial charge in [-0.1, -0.05) is 0 Å². The molecule has 0 saturated carbocycles. The average Bonchev–Trinajstić information content (AvgIpc) is 3.28. The van der Waals surface area contributed by atoms with Crippen LogP contribution >= 0.6 is 0 Å². The van der Waals surface area contributed by atoms with Gasteiger partial charge in [0.25, 0.3) is 5.91 Å². The van der Waals surface area contributed by atoms with E-state index in [9.17, 15) is 9.59 Å². The quantitative estimate of drug-likeness (QED) is 0.582. The lowest BCUT2D eigenvalue weighted by molar-refractivity contribution is 0.0103. The Morgan fingerprint density at radius 1 is 1.16 bits per heavy atom. The maximum absolute atomic E-state index is 12.6. The lowest BCUT2D eigenvalue weighted by Crippen LogP contribution is -2.56. The summed E-state index contributed by atoms with van der Waals surface area (Å²) in [5, 5.41) is 3.43. The van der Waals surface area contributed by atoms with Crippen LogP contribution in [-0.2, 0) is 4.74 Å². The Balaban J connectivity index is 1.51. The van der Waals surface area contributed by atoms with Crippen molar-refractivity contribution in [3.8, 4) is 0 Å². The Hall–Kier alpha value is -2.71. The van der Waals surface area contributed by atoms with Crippen LogP contribution in [0.4, 0.5) is 4.79 Å². The van der Waals surface area contributed by atoms with Gasteiger partial charge in [0.1, 0.15) is 5.60 Å². The molecule has 2 aliphatic heterocycles. The first-order valence-corrected chi connectivity index (χ1v) is 11.1. The van der Waals surface area contributed by atoms with Gasteiger partial charge in [0, 0.05) is 46.3 Å². The summed E-state index contributed by atoms with van der Waals surface area (Å²) in [4.78, 5) is 35.3. The third kappa shape index (κ3) is 6.15. The molecule has 2 fully saturated rings. The van der Waals surface area contributed by atoms with E-state index in [-0.39, 0.29) is 18.0 Å².